The third-order valence-electron chi connectivity index (χ3n) is 4.41. The van der Waals surface area contributed by atoms with E-state index in [9.17, 15) is 4.79 Å². The van der Waals surface area contributed by atoms with Gasteiger partial charge in [-0.05, 0) is 17.7 Å². The second-order valence-electron chi connectivity index (χ2n) is 6.51. The molecule has 0 spiro atoms. The van der Waals surface area contributed by atoms with Crippen molar-refractivity contribution in [3.8, 4) is 11.5 Å². The molecule has 0 aliphatic carbocycles. The molecule has 0 unspecified atom stereocenters. The van der Waals surface area contributed by atoms with Gasteiger partial charge < -0.3 is 14.4 Å². The van der Waals surface area contributed by atoms with Gasteiger partial charge in [0.15, 0.2) is 11.5 Å². The maximum absolute atomic E-state index is 12.5. The molecule has 1 aromatic heterocycles. The summed E-state index contributed by atoms with van der Waals surface area (Å²) in [5.41, 5.74) is 2.63. The molecule has 0 atom stereocenters. The fourth-order valence-electron chi connectivity index (χ4n) is 2.93. The summed E-state index contributed by atoms with van der Waals surface area (Å²) in [7, 11) is 4.91. The minimum Gasteiger partial charge on any atom is -0.493 e. The molecule has 0 fully saturated rings. The predicted octanol–water partition coefficient (Wildman–Crippen LogP) is 3.02. The largest absolute Gasteiger partial charge is 0.493 e. The highest BCUT2D eigenvalue weighted by Gasteiger charge is 2.13. The molecule has 1 heterocycles. The number of aromatic nitrogens is 3. The van der Waals surface area contributed by atoms with Crippen LogP contribution >= 0.6 is 0 Å². The van der Waals surface area contributed by atoms with Crippen LogP contribution in [0.4, 0.5) is 0 Å². The highest BCUT2D eigenvalue weighted by Crippen LogP contribution is 2.31. The molecule has 7 heteroatoms. The molecular weight excluding hydrogens is 368 g/mol. The first-order chi connectivity index (χ1) is 14.1. The molecular formula is C22H24N4O3. The predicted molar refractivity (Wildman–Crippen MR) is 111 cm³/mol. The summed E-state index contributed by atoms with van der Waals surface area (Å²) in [4.78, 5) is 14.1. The zero-order valence-electron chi connectivity index (χ0n) is 16.8. The summed E-state index contributed by atoms with van der Waals surface area (Å²) >= 11 is 0. The van der Waals surface area contributed by atoms with Crippen LogP contribution in [-0.4, -0.2) is 47.1 Å². The van der Waals surface area contributed by atoms with E-state index in [0.29, 0.717) is 30.3 Å². The van der Waals surface area contributed by atoms with Crippen molar-refractivity contribution in [1.29, 1.82) is 0 Å². The van der Waals surface area contributed by atoms with Crippen molar-refractivity contribution in [2.75, 3.05) is 21.3 Å². The Labute approximate surface area is 170 Å². The zero-order chi connectivity index (χ0) is 20.6. The van der Waals surface area contributed by atoms with Gasteiger partial charge in [0.1, 0.15) is 5.69 Å². The first kappa shape index (κ1) is 20.1. The number of carbonyl (C=O) groups excluding carboxylic acids is 1. The Balaban J connectivity index is 1.62. The molecule has 0 saturated heterocycles. The third-order valence-corrected chi connectivity index (χ3v) is 4.41. The van der Waals surface area contributed by atoms with Crippen LogP contribution in [0.3, 0.4) is 0 Å². The molecule has 0 radical (unpaired) electrons. The average molecular weight is 392 g/mol. The van der Waals surface area contributed by atoms with E-state index in [-0.39, 0.29) is 5.91 Å². The van der Waals surface area contributed by atoms with Crippen molar-refractivity contribution in [2.45, 2.75) is 13.1 Å². The van der Waals surface area contributed by atoms with Crippen molar-refractivity contribution < 1.29 is 14.3 Å². The molecule has 0 aliphatic rings. The Kier molecular flexibility index (Phi) is 6.63. The molecule has 0 aliphatic heterocycles. The lowest BCUT2D eigenvalue weighted by Crippen LogP contribution is -2.24. The van der Waals surface area contributed by atoms with Crippen molar-refractivity contribution in [2.24, 2.45) is 0 Å². The van der Waals surface area contributed by atoms with Crippen LogP contribution in [-0.2, 0) is 17.9 Å². The average Bonchev–Trinajstić information content (AvgIpc) is 3.19. The van der Waals surface area contributed by atoms with Gasteiger partial charge in [-0.3, -0.25) is 4.79 Å². The van der Waals surface area contributed by atoms with Crippen LogP contribution in [0, 0.1) is 0 Å². The normalized spacial score (nSPS) is 10.9. The van der Waals surface area contributed by atoms with Gasteiger partial charge in [0.2, 0.25) is 5.91 Å². The molecule has 29 heavy (non-hydrogen) atoms. The maximum atomic E-state index is 12.5. The minimum absolute atomic E-state index is 0.146. The zero-order valence-corrected chi connectivity index (χ0v) is 16.8. The van der Waals surface area contributed by atoms with Gasteiger partial charge in [0, 0.05) is 25.2 Å². The Morgan fingerprint density at radius 1 is 1.10 bits per heavy atom. The number of methoxy groups -OCH3 is 2. The third kappa shape index (κ3) is 5.22. The van der Waals surface area contributed by atoms with Gasteiger partial charge >= 0.3 is 0 Å². The number of nitrogens with zero attached hydrogens (tertiary/aromatic N) is 4. The molecule has 3 rings (SSSR count). The quantitative estimate of drug-likeness (QED) is 0.551. The minimum atomic E-state index is -0.146. The highest BCUT2D eigenvalue weighted by molar-refractivity contribution is 5.91. The van der Waals surface area contributed by atoms with Crippen LogP contribution in [0.1, 0.15) is 16.8 Å². The molecule has 3 aromatic rings. The topological polar surface area (TPSA) is 69.5 Å². The van der Waals surface area contributed by atoms with E-state index in [1.165, 1.54) is 6.08 Å². The number of likely N-dealkylation sites (N-methyl/N-ethyl adjacent to an activating group) is 1. The second-order valence-corrected chi connectivity index (χ2v) is 6.51. The number of benzene rings is 2. The maximum Gasteiger partial charge on any atom is 0.246 e. The lowest BCUT2D eigenvalue weighted by molar-refractivity contribution is -0.125. The molecule has 150 valence electrons. The van der Waals surface area contributed by atoms with E-state index in [1.807, 2.05) is 54.7 Å². The Hall–Kier alpha value is -3.61. The van der Waals surface area contributed by atoms with Gasteiger partial charge in [0.25, 0.3) is 0 Å². The van der Waals surface area contributed by atoms with Crippen LogP contribution in [0.15, 0.2) is 60.8 Å². The summed E-state index contributed by atoms with van der Waals surface area (Å²) in [5.74, 6) is 1.12. The summed E-state index contributed by atoms with van der Waals surface area (Å²) < 4.78 is 12.5. The Morgan fingerprint density at radius 3 is 2.62 bits per heavy atom. The van der Waals surface area contributed by atoms with E-state index in [2.05, 4.69) is 10.3 Å². The van der Waals surface area contributed by atoms with E-state index < -0.39 is 0 Å². The molecule has 0 saturated carbocycles. The number of hydrogen-bond acceptors (Lipinski definition) is 5. The van der Waals surface area contributed by atoms with Crippen LogP contribution < -0.4 is 9.47 Å². The first-order valence-electron chi connectivity index (χ1n) is 9.18. The number of rotatable bonds is 8. The van der Waals surface area contributed by atoms with Gasteiger partial charge in [-0.15, -0.1) is 5.10 Å². The lowest BCUT2D eigenvalue weighted by atomic mass is 10.1. The number of ether oxygens (including phenoxy) is 2. The van der Waals surface area contributed by atoms with Crippen LogP contribution in [0.2, 0.25) is 0 Å². The summed E-state index contributed by atoms with van der Waals surface area (Å²) in [6.45, 7) is 1.02. The van der Waals surface area contributed by atoms with Gasteiger partial charge in [-0.1, -0.05) is 47.7 Å². The first-order valence-corrected chi connectivity index (χ1v) is 9.18. The molecule has 0 N–H and O–H groups in total. The molecule has 7 nitrogen and oxygen atoms in total. The lowest BCUT2D eigenvalue weighted by Gasteiger charge is -2.18. The van der Waals surface area contributed by atoms with E-state index in [4.69, 9.17) is 9.47 Å². The van der Waals surface area contributed by atoms with Gasteiger partial charge in [0.05, 0.1) is 27.0 Å². The second kappa shape index (κ2) is 9.54. The van der Waals surface area contributed by atoms with Gasteiger partial charge in [-0.2, -0.15) is 0 Å². The van der Waals surface area contributed by atoms with Crippen molar-refractivity contribution in [3.63, 3.8) is 0 Å². The molecule has 1 amide bonds. The van der Waals surface area contributed by atoms with Crippen molar-refractivity contribution >= 4 is 12.0 Å². The van der Waals surface area contributed by atoms with Gasteiger partial charge in [-0.25, -0.2) is 4.68 Å². The van der Waals surface area contributed by atoms with E-state index in [0.717, 1.165) is 11.1 Å². The summed E-state index contributed by atoms with van der Waals surface area (Å²) in [5, 5.41) is 8.20. The van der Waals surface area contributed by atoms with Crippen LogP contribution in [0.25, 0.3) is 6.08 Å². The van der Waals surface area contributed by atoms with Crippen molar-refractivity contribution in [1.82, 2.24) is 19.9 Å². The number of carbonyl (C=O) groups is 1. The smallest absolute Gasteiger partial charge is 0.246 e. The summed E-state index contributed by atoms with van der Waals surface area (Å²) in [6, 6.07) is 15.6. The molecule has 0 bridgehead atoms. The SMILES string of the molecule is COc1cccc(CN(C)C(=O)/C=C/c2cn(Cc3ccccc3)nn2)c1OC. The fraction of sp³-hybridized carbons (Fsp3) is 0.227. The Morgan fingerprint density at radius 2 is 1.90 bits per heavy atom. The number of amides is 1. The summed E-state index contributed by atoms with van der Waals surface area (Å²) in [6.07, 6.45) is 4.96. The monoisotopic (exact) mass is 392 g/mol. The number of hydrogen-bond donors (Lipinski definition) is 0. The van der Waals surface area contributed by atoms with E-state index >= 15 is 0 Å². The standard InChI is InChI=1S/C22H24N4O3/c1-25(15-18-10-7-11-20(28-2)22(18)29-3)21(27)13-12-19-16-26(24-23-19)14-17-8-5-4-6-9-17/h4-13,16H,14-15H2,1-3H3/b13-12+. The number of para-hydroxylation sites is 1. The highest BCUT2D eigenvalue weighted by atomic mass is 16.5. The molecule has 2 aromatic carbocycles. The van der Waals surface area contributed by atoms with Crippen molar-refractivity contribution in [3.05, 3.63) is 77.6 Å². The Bertz CT molecular complexity index is 983. The fourth-order valence-corrected chi connectivity index (χ4v) is 2.93. The van der Waals surface area contributed by atoms with Crippen LogP contribution in [0.5, 0.6) is 11.5 Å². The van der Waals surface area contributed by atoms with E-state index in [1.54, 1.807) is 36.9 Å².